The van der Waals surface area contributed by atoms with E-state index >= 15 is 0 Å². The van der Waals surface area contributed by atoms with Gasteiger partial charge in [-0.2, -0.15) is 5.26 Å². The normalized spacial score (nSPS) is 9.72. The minimum absolute atomic E-state index is 0.0838. The first-order valence-electron chi connectivity index (χ1n) is 5.25. The maximum absolute atomic E-state index is 11.1. The van der Waals surface area contributed by atoms with Gasteiger partial charge in [-0.25, -0.2) is 0 Å². The number of nitriles is 1. The highest BCUT2D eigenvalue weighted by Gasteiger charge is 2.06. The van der Waals surface area contributed by atoms with Gasteiger partial charge in [-0.15, -0.1) is 0 Å². The summed E-state index contributed by atoms with van der Waals surface area (Å²) < 4.78 is 0. The second-order valence-corrected chi connectivity index (χ2v) is 3.79. The van der Waals surface area contributed by atoms with Gasteiger partial charge in [-0.3, -0.25) is 4.79 Å². The predicted octanol–water partition coefficient (Wildman–Crippen LogP) is 2.03. The number of primary amides is 1. The summed E-state index contributed by atoms with van der Waals surface area (Å²) in [5, 5.41) is 18.3. The molecule has 0 saturated heterocycles. The van der Waals surface area contributed by atoms with E-state index in [2.05, 4.69) is 0 Å². The molecule has 0 atom stereocenters. The maximum atomic E-state index is 11.1. The number of aromatic hydroxyl groups is 1. The maximum Gasteiger partial charge on any atom is 0.248 e. The summed E-state index contributed by atoms with van der Waals surface area (Å²) in [4.78, 5) is 11.1. The molecule has 0 fully saturated rings. The lowest BCUT2D eigenvalue weighted by molar-refractivity contribution is 0.100. The van der Waals surface area contributed by atoms with Crippen LogP contribution < -0.4 is 5.73 Å². The highest BCUT2D eigenvalue weighted by atomic mass is 16.3. The predicted molar refractivity (Wildman–Crippen MR) is 66.8 cm³/mol. The highest BCUT2D eigenvalue weighted by molar-refractivity contribution is 5.94. The lowest BCUT2D eigenvalue weighted by atomic mass is 10.0. The number of hydrogen-bond acceptors (Lipinski definition) is 3. The van der Waals surface area contributed by atoms with Gasteiger partial charge in [-0.1, -0.05) is 18.2 Å². The van der Waals surface area contributed by atoms with Crippen LogP contribution in [0, 0.1) is 11.3 Å². The first kappa shape index (κ1) is 11.7. The third-order valence-electron chi connectivity index (χ3n) is 2.60. The summed E-state index contributed by atoms with van der Waals surface area (Å²) in [6.45, 7) is 0. The van der Waals surface area contributed by atoms with E-state index in [0.717, 1.165) is 11.1 Å². The van der Waals surface area contributed by atoms with Crippen molar-refractivity contribution in [3.8, 4) is 22.9 Å². The van der Waals surface area contributed by atoms with E-state index in [1.54, 1.807) is 30.3 Å². The number of hydrogen-bond donors (Lipinski definition) is 2. The molecular formula is C14H10N2O2. The van der Waals surface area contributed by atoms with Crippen LogP contribution in [0.25, 0.3) is 11.1 Å². The van der Waals surface area contributed by atoms with Gasteiger partial charge in [0, 0.05) is 5.56 Å². The summed E-state index contributed by atoms with van der Waals surface area (Å²) in [6.07, 6.45) is 0. The molecule has 18 heavy (non-hydrogen) atoms. The molecule has 0 radical (unpaired) electrons. The van der Waals surface area contributed by atoms with Crippen molar-refractivity contribution in [2.24, 2.45) is 5.73 Å². The Morgan fingerprint density at radius 1 is 1.17 bits per heavy atom. The van der Waals surface area contributed by atoms with E-state index in [9.17, 15) is 9.90 Å². The Labute approximate surface area is 104 Å². The van der Waals surface area contributed by atoms with E-state index in [-0.39, 0.29) is 11.3 Å². The molecule has 2 aromatic rings. The summed E-state index contributed by atoms with van der Waals surface area (Å²) in [5.41, 5.74) is 7.29. The molecule has 4 nitrogen and oxygen atoms in total. The average molecular weight is 238 g/mol. The van der Waals surface area contributed by atoms with Gasteiger partial charge in [0.05, 0.1) is 5.56 Å². The Kier molecular flexibility index (Phi) is 2.98. The van der Waals surface area contributed by atoms with E-state index in [0.29, 0.717) is 5.56 Å². The molecule has 88 valence electrons. The number of phenolic OH excluding ortho intramolecular Hbond substituents is 1. The number of nitrogens with zero attached hydrogens (tertiary/aromatic N) is 1. The number of rotatable bonds is 2. The minimum Gasteiger partial charge on any atom is -0.507 e. The molecule has 4 heteroatoms. The molecule has 0 heterocycles. The minimum atomic E-state index is -0.505. The van der Waals surface area contributed by atoms with Crippen LogP contribution in [0.4, 0.5) is 0 Å². The molecule has 2 rings (SSSR count). The lowest BCUT2D eigenvalue weighted by Gasteiger charge is -2.05. The monoisotopic (exact) mass is 238 g/mol. The van der Waals surface area contributed by atoms with E-state index < -0.39 is 5.91 Å². The average Bonchev–Trinajstić information content (AvgIpc) is 2.38. The number of carbonyl (C=O) groups excluding carboxylic acids is 1. The number of benzene rings is 2. The summed E-state index contributed by atoms with van der Waals surface area (Å²) >= 11 is 0. The second-order valence-electron chi connectivity index (χ2n) is 3.79. The van der Waals surface area contributed by atoms with Crippen molar-refractivity contribution in [3.05, 3.63) is 53.6 Å². The van der Waals surface area contributed by atoms with Gasteiger partial charge in [0.25, 0.3) is 0 Å². The molecule has 0 spiro atoms. The Hall–Kier alpha value is -2.80. The second kappa shape index (κ2) is 4.60. The van der Waals surface area contributed by atoms with Crippen molar-refractivity contribution in [1.29, 1.82) is 5.26 Å². The van der Waals surface area contributed by atoms with Crippen molar-refractivity contribution >= 4 is 5.91 Å². The van der Waals surface area contributed by atoms with Crippen LogP contribution in [-0.2, 0) is 0 Å². The fourth-order valence-corrected chi connectivity index (χ4v) is 1.66. The standard InChI is InChI=1S/C14H10N2O2/c15-8-12-5-4-10(7-13(12)17)9-2-1-3-11(6-9)14(16)18/h1-7,17H,(H2,16,18). The molecule has 0 aromatic heterocycles. The van der Waals surface area contributed by atoms with Gasteiger partial charge in [-0.05, 0) is 35.4 Å². The molecule has 0 aliphatic heterocycles. The van der Waals surface area contributed by atoms with Crippen molar-refractivity contribution in [1.82, 2.24) is 0 Å². The van der Waals surface area contributed by atoms with Crippen molar-refractivity contribution in [2.45, 2.75) is 0 Å². The summed E-state index contributed by atoms with van der Waals surface area (Å²) in [5.74, 6) is -0.589. The number of amides is 1. The number of carbonyl (C=O) groups is 1. The number of nitrogens with two attached hydrogens (primary N) is 1. The van der Waals surface area contributed by atoms with Gasteiger partial charge >= 0.3 is 0 Å². The van der Waals surface area contributed by atoms with Crippen LogP contribution in [0.5, 0.6) is 5.75 Å². The zero-order valence-corrected chi connectivity index (χ0v) is 9.42. The lowest BCUT2D eigenvalue weighted by Crippen LogP contribution is -2.10. The Balaban J connectivity index is 2.49. The summed E-state index contributed by atoms with van der Waals surface area (Å²) in [6, 6.07) is 13.4. The molecule has 1 amide bonds. The van der Waals surface area contributed by atoms with Gasteiger partial charge in [0.15, 0.2) is 0 Å². The largest absolute Gasteiger partial charge is 0.507 e. The molecule has 0 aliphatic rings. The van der Waals surface area contributed by atoms with Crippen molar-refractivity contribution < 1.29 is 9.90 Å². The topological polar surface area (TPSA) is 87.1 Å². The fourth-order valence-electron chi connectivity index (χ4n) is 1.66. The Bertz CT molecular complexity index is 657. The van der Waals surface area contributed by atoms with Gasteiger partial charge < -0.3 is 10.8 Å². The van der Waals surface area contributed by atoms with Gasteiger partial charge in [0.2, 0.25) is 5.91 Å². The summed E-state index contributed by atoms with van der Waals surface area (Å²) in [7, 11) is 0. The zero-order valence-electron chi connectivity index (χ0n) is 9.42. The SMILES string of the molecule is N#Cc1ccc(-c2cccc(C(N)=O)c2)cc1O. The molecule has 0 aliphatic carbocycles. The van der Waals surface area contributed by atoms with Crippen LogP contribution in [0.1, 0.15) is 15.9 Å². The molecule has 3 N–H and O–H groups in total. The smallest absolute Gasteiger partial charge is 0.248 e. The third kappa shape index (κ3) is 2.15. The molecular weight excluding hydrogens is 228 g/mol. The van der Waals surface area contributed by atoms with Crippen molar-refractivity contribution in [3.63, 3.8) is 0 Å². The van der Waals surface area contributed by atoms with Crippen LogP contribution in [0.15, 0.2) is 42.5 Å². The fraction of sp³-hybridized carbons (Fsp3) is 0. The molecule has 0 bridgehead atoms. The van der Waals surface area contributed by atoms with Crippen LogP contribution in [0.3, 0.4) is 0 Å². The molecule has 0 saturated carbocycles. The van der Waals surface area contributed by atoms with Crippen LogP contribution >= 0.6 is 0 Å². The molecule has 2 aromatic carbocycles. The first-order valence-corrected chi connectivity index (χ1v) is 5.25. The Morgan fingerprint density at radius 2 is 1.89 bits per heavy atom. The van der Waals surface area contributed by atoms with Crippen molar-refractivity contribution in [2.75, 3.05) is 0 Å². The quantitative estimate of drug-likeness (QED) is 0.839. The van der Waals surface area contributed by atoms with Gasteiger partial charge in [0.1, 0.15) is 11.8 Å². The Morgan fingerprint density at radius 3 is 2.50 bits per heavy atom. The third-order valence-corrected chi connectivity index (χ3v) is 2.60. The van der Waals surface area contributed by atoms with Crippen LogP contribution in [-0.4, -0.2) is 11.0 Å². The first-order chi connectivity index (χ1) is 8.61. The number of phenols is 1. The molecule has 0 unspecified atom stereocenters. The van der Waals surface area contributed by atoms with E-state index in [4.69, 9.17) is 11.0 Å². The van der Waals surface area contributed by atoms with Crippen LogP contribution in [0.2, 0.25) is 0 Å². The van der Waals surface area contributed by atoms with E-state index in [1.165, 1.54) is 12.1 Å². The highest BCUT2D eigenvalue weighted by Crippen LogP contribution is 2.26. The zero-order chi connectivity index (χ0) is 13.1. The van der Waals surface area contributed by atoms with E-state index in [1.807, 2.05) is 6.07 Å².